The molecule has 0 unspecified atom stereocenters. The quantitative estimate of drug-likeness (QED) is 0.391. The van der Waals surface area contributed by atoms with Crippen LogP contribution in [0.25, 0.3) is 11.0 Å². The fraction of sp³-hybridized carbons (Fsp3) is 0.333. The van der Waals surface area contributed by atoms with Gasteiger partial charge >= 0.3 is 29.6 Å². The molecular weight excluding hydrogens is 361 g/mol. The summed E-state index contributed by atoms with van der Waals surface area (Å²) in [7, 11) is 0.312. The van der Waals surface area contributed by atoms with Crippen LogP contribution in [-0.4, -0.2) is 34.5 Å². The molecular formula is C18H20N3NaO3S. The molecule has 3 rings (SSSR count). The molecule has 0 aliphatic rings. The van der Waals surface area contributed by atoms with Crippen LogP contribution in [0, 0.1) is 6.92 Å². The molecule has 0 spiro atoms. The van der Waals surface area contributed by atoms with Gasteiger partial charge in [-0.15, -0.1) is 0 Å². The van der Waals surface area contributed by atoms with E-state index in [0.29, 0.717) is 18.4 Å². The number of hydrogen-bond donors (Lipinski definition) is 0. The van der Waals surface area contributed by atoms with E-state index in [1.807, 2.05) is 37.3 Å². The van der Waals surface area contributed by atoms with Crippen LogP contribution in [-0.2, 0) is 21.3 Å². The van der Waals surface area contributed by atoms with Crippen molar-refractivity contribution in [2.45, 2.75) is 24.3 Å². The number of rotatable bonds is 8. The largest absolute Gasteiger partial charge is 1.00 e. The number of benzene rings is 1. The zero-order valence-electron chi connectivity index (χ0n) is 15.3. The number of fused-ring (bicyclic) bond motifs is 1. The van der Waals surface area contributed by atoms with Crippen molar-refractivity contribution >= 4 is 21.8 Å². The van der Waals surface area contributed by atoms with E-state index in [2.05, 4.69) is 15.0 Å². The van der Waals surface area contributed by atoms with Gasteiger partial charge < -0.3 is 19.4 Å². The van der Waals surface area contributed by atoms with Crippen molar-refractivity contribution in [3.63, 3.8) is 0 Å². The first-order valence-corrected chi connectivity index (χ1v) is 9.35. The summed E-state index contributed by atoms with van der Waals surface area (Å²) >= 11 is 0. The van der Waals surface area contributed by atoms with Gasteiger partial charge in [0.2, 0.25) is 0 Å². The van der Waals surface area contributed by atoms with Crippen LogP contribution in [0.1, 0.15) is 17.7 Å². The number of methoxy groups -OCH3 is 1. The van der Waals surface area contributed by atoms with Crippen molar-refractivity contribution in [1.29, 1.82) is 0 Å². The first-order valence-electron chi connectivity index (χ1n) is 8.03. The topological polar surface area (TPSA) is 75.4 Å². The Labute approximate surface area is 177 Å². The van der Waals surface area contributed by atoms with E-state index in [4.69, 9.17) is 9.47 Å². The molecule has 0 saturated heterocycles. The molecule has 0 radical (unpaired) electrons. The molecule has 132 valence electrons. The van der Waals surface area contributed by atoms with Crippen molar-refractivity contribution in [3.05, 3.63) is 47.8 Å². The molecule has 0 N–H and O–H groups in total. The second-order valence-electron chi connectivity index (χ2n) is 5.56. The molecule has 0 saturated carbocycles. The van der Waals surface area contributed by atoms with Gasteiger partial charge in [0, 0.05) is 37.1 Å². The maximum absolute atomic E-state index is 12.6. The van der Waals surface area contributed by atoms with Crippen molar-refractivity contribution in [2.75, 3.05) is 20.3 Å². The van der Waals surface area contributed by atoms with Crippen molar-refractivity contribution < 1.29 is 43.2 Å². The first-order chi connectivity index (χ1) is 12.2. The minimum atomic E-state index is -1.35. The third kappa shape index (κ3) is 5.14. The molecule has 0 bridgehead atoms. The van der Waals surface area contributed by atoms with Crippen molar-refractivity contribution in [2.24, 2.45) is 0 Å². The number of ether oxygens (including phenoxy) is 2. The standard InChI is InChI=1S/C18H20N3O3S.Na/c1-13-16(19-9-8-17(13)24-11-5-10-23-2)12-25(22)18-20-14-6-3-4-7-15(14)21-18;/h3-4,6-9H,5,10-12H2,1-2H3;/q-1;+1/t25-;/m0./s1. The first kappa shape index (κ1) is 21.1. The Morgan fingerprint density at radius 3 is 2.77 bits per heavy atom. The van der Waals surface area contributed by atoms with E-state index >= 15 is 0 Å². The smallest absolute Gasteiger partial charge is 0.493 e. The fourth-order valence-corrected chi connectivity index (χ4v) is 3.49. The predicted octanol–water partition coefficient (Wildman–Crippen LogP) is -0.377. The van der Waals surface area contributed by atoms with E-state index in [0.717, 1.165) is 34.5 Å². The van der Waals surface area contributed by atoms with E-state index in [1.165, 1.54) is 0 Å². The Balaban J connectivity index is 0.00000243. The van der Waals surface area contributed by atoms with Crippen LogP contribution in [0.5, 0.6) is 5.75 Å². The van der Waals surface area contributed by atoms with Gasteiger partial charge in [0.1, 0.15) is 5.75 Å². The van der Waals surface area contributed by atoms with Gasteiger partial charge in [-0.1, -0.05) is 24.3 Å². The zero-order valence-corrected chi connectivity index (χ0v) is 18.1. The van der Waals surface area contributed by atoms with Crippen LogP contribution >= 0.6 is 0 Å². The Morgan fingerprint density at radius 1 is 1.19 bits per heavy atom. The summed E-state index contributed by atoms with van der Waals surface area (Å²) in [6, 6.07) is 9.32. The molecule has 1 aromatic carbocycles. The fourth-order valence-electron chi connectivity index (χ4n) is 2.42. The van der Waals surface area contributed by atoms with Gasteiger partial charge in [0.25, 0.3) is 0 Å². The number of pyridine rings is 1. The Hall–Kier alpha value is -1.25. The van der Waals surface area contributed by atoms with Crippen LogP contribution in [0.2, 0.25) is 0 Å². The summed E-state index contributed by atoms with van der Waals surface area (Å²) in [4.78, 5) is 13.0. The predicted molar refractivity (Wildman–Crippen MR) is 96.1 cm³/mol. The average molecular weight is 381 g/mol. The van der Waals surface area contributed by atoms with Gasteiger partial charge in [-0.25, -0.2) is 0 Å². The minimum absolute atomic E-state index is 0. The maximum atomic E-state index is 12.6. The van der Waals surface area contributed by atoms with Gasteiger partial charge in [0.05, 0.1) is 28.9 Å². The average Bonchev–Trinajstić information content (AvgIpc) is 3.06. The Morgan fingerprint density at radius 2 is 2.00 bits per heavy atom. The number of imidazole rings is 1. The van der Waals surface area contributed by atoms with Crippen LogP contribution in [0.3, 0.4) is 0 Å². The Kier molecular flexibility index (Phi) is 8.24. The molecule has 2 aromatic heterocycles. The molecule has 0 aliphatic carbocycles. The molecule has 6 nitrogen and oxygen atoms in total. The summed E-state index contributed by atoms with van der Waals surface area (Å²) in [6.45, 7) is 3.15. The van der Waals surface area contributed by atoms with Gasteiger partial charge in [-0.05, 0) is 24.0 Å². The minimum Gasteiger partial charge on any atom is -0.493 e. The third-order valence-corrected chi connectivity index (χ3v) is 4.92. The van der Waals surface area contributed by atoms with Crippen LogP contribution in [0.4, 0.5) is 0 Å². The molecule has 0 amide bonds. The second kappa shape index (κ2) is 10.2. The molecule has 26 heavy (non-hydrogen) atoms. The van der Waals surface area contributed by atoms with Crippen LogP contribution < -0.4 is 39.3 Å². The van der Waals surface area contributed by atoms with Gasteiger partial charge in [-0.3, -0.25) is 9.19 Å². The molecule has 8 heteroatoms. The summed E-state index contributed by atoms with van der Waals surface area (Å²) < 4.78 is 23.4. The van der Waals surface area contributed by atoms with Gasteiger partial charge in [-0.2, -0.15) is 0 Å². The van der Waals surface area contributed by atoms with Crippen molar-refractivity contribution in [3.8, 4) is 5.75 Å². The molecule has 0 aliphatic heterocycles. The second-order valence-corrected chi connectivity index (χ2v) is 6.91. The Bertz CT molecular complexity index is 852. The number of nitrogens with zero attached hydrogens (tertiary/aromatic N) is 3. The SMILES string of the molecule is COCCCOc1ccnc(C[S@](=O)c2nc3ccccc3[n-]2)c1C.[Na+]. The van der Waals surface area contributed by atoms with E-state index in [9.17, 15) is 4.21 Å². The van der Waals surface area contributed by atoms with Crippen molar-refractivity contribution in [1.82, 2.24) is 15.0 Å². The summed E-state index contributed by atoms with van der Waals surface area (Å²) in [5, 5.41) is 0.341. The van der Waals surface area contributed by atoms with Gasteiger partial charge in [0.15, 0.2) is 0 Å². The normalized spacial score (nSPS) is 11.9. The molecule has 0 fully saturated rings. The summed E-state index contributed by atoms with van der Waals surface area (Å²) in [5.74, 6) is 1.02. The molecule has 1 atom stereocenters. The summed E-state index contributed by atoms with van der Waals surface area (Å²) in [5.41, 5.74) is 3.14. The zero-order chi connectivity index (χ0) is 17.6. The number of para-hydroxylation sites is 2. The summed E-state index contributed by atoms with van der Waals surface area (Å²) in [6.07, 6.45) is 2.49. The monoisotopic (exact) mass is 381 g/mol. The van der Waals surface area contributed by atoms with Crippen LogP contribution in [0.15, 0.2) is 41.7 Å². The molecule has 3 aromatic rings. The molecule has 2 heterocycles. The third-order valence-electron chi connectivity index (χ3n) is 3.79. The van der Waals surface area contributed by atoms with E-state index in [-0.39, 0.29) is 35.3 Å². The number of aromatic nitrogens is 3. The van der Waals surface area contributed by atoms with E-state index in [1.54, 1.807) is 13.3 Å². The number of hydrogen-bond acceptors (Lipinski definition) is 5. The maximum Gasteiger partial charge on any atom is 1.00 e. The van der Waals surface area contributed by atoms with E-state index < -0.39 is 10.8 Å².